The van der Waals surface area contributed by atoms with Crippen molar-refractivity contribution in [3.8, 4) is 11.5 Å². The van der Waals surface area contributed by atoms with Gasteiger partial charge >= 0.3 is 5.79 Å². The minimum absolute atomic E-state index is 0.184. The molecule has 2 aromatic carbocycles. The van der Waals surface area contributed by atoms with E-state index in [1.807, 2.05) is 0 Å². The Kier molecular flexibility index (Phi) is 4.04. The van der Waals surface area contributed by atoms with Crippen molar-refractivity contribution in [1.29, 1.82) is 0 Å². The lowest BCUT2D eigenvalue weighted by Crippen LogP contribution is -2.64. The molecule has 1 heterocycles. The molecule has 0 amide bonds. The molecule has 0 aliphatic carbocycles. The van der Waals surface area contributed by atoms with Crippen LogP contribution in [-0.2, 0) is 15.3 Å². The molecule has 24 heavy (non-hydrogen) atoms. The van der Waals surface area contributed by atoms with Gasteiger partial charge in [-0.05, 0) is 12.1 Å². The molecule has 0 spiro atoms. The molecular weight excluding hydrogens is 312 g/mol. The average molecular weight is 330 g/mol. The third-order valence-corrected chi connectivity index (χ3v) is 4.18. The van der Waals surface area contributed by atoms with E-state index in [9.17, 15) is 9.90 Å². The molecule has 0 unspecified atom stereocenters. The number of benzene rings is 2. The molecule has 0 saturated heterocycles. The Morgan fingerprint density at radius 2 is 1.71 bits per heavy atom. The van der Waals surface area contributed by atoms with Gasteiger partial charge in [0.25, 0.3) is 5.79 Å². The lowest BCUT2D eigenvalue weighted by molar-refractivity contribution is -0.346. The lowest BCUT2D eigenvalue weighted by Gasteiger charge is -2.46. The molecule has 6 nitrogen and oxygen atoms in total. The molecule has 2 atom stereocenters. The number of carbonyl (C=O) groups excluding carboxylic acids is 1. The molecule has 0 saturated carbocycles. The molecule has 3 rings (SSSR count). The molecule has 1 aliphatic rings. The Balaban J connectivity index is 2.26. The van der Waals surface area contributed by atoms with Crippen molar-refractivity contribution in [3.63, 3.8) is 0 Å². The summed E-state index contributed by atoms with van der Waals surface area (Å²) in [6.45, 7) is 0. The van der Waals surface area contributed by atoms with Crippen LogP contribution in [0.25, 0.3) is 0 Å². The zero-order valence-corrected chi connectivity index (χ0v) is 13.6. The van der Waals surface area contributed by atoms with Gasteiger partial charge in [0.15, 0.2) is 0 Å². The standard InChI is InChI=1S/C18H18O6/c1-21-13-9-10-14-15(11-13)24-18(23-3,12-7-5-4-6-8-12)17(20,22-2)16(14)19/h4-11,20H,1-3H3/t17-,18-/m1/s1. The van der Waals surface area contributed by atoms with Gasteiger partial charge in [-0.25, -0.2) is 0 Å². The van der Waals surface area contributed by atoms with Gasteiger partial charge in [0.2, 0.25) is 5.78 Å². The molecule has 0 aromatic heterocycles. The maximum atomic E-state index is 12.9. The van der Waals surface area contributed by atoms with Crippen LogP contribution in [0.3, 0.4) is 0 Å². The molecule has 1 aliphatic heterocycles. The predicted octanol–water partition coefficient (Wildman–Crippen LogP) is 2.10. The van der Waals surface area contributed by atoms with E-state index in [4.69, 9.17) is 18.9 Å². The van der Waals surface area contributed by atoms with Crippen molar-refractivity contribution >= 4 is 5.78 Å². The fourth-order valence-electron chi connectivity index (χ4n) is 2.89. The molecule has 126 valence electrons. The normalized spacial score (nSPS) is 25.8. The Hall–Kier alpha value is -2.41. The van der Waals surface area contributed by atoms with Gasteiger partial charge < -0.3 is 24.1 Å². The molecule has 0 radical (unpaired) electrons. The van der Waals surface area contributed by atoms with Crippen molar-refractivity contribution < 1.29 is 28.8 Å². The zero-order chi connectivity index (χ0) is 17.4. The first-order chi connectivity index (χ1) is 11.5. The van der Waals surface area contributed by atoms with Gasteiger partial charge in [-0.15, -0.1) is 0 Å². The number of rotatable bonds is 4. The number of hydrogen-bond donors (Lipinski definition) is 1. The summed E-state index contributed by atoms with van der Waals surface area (Å²) in [5, 5.41) is 11.0. The van der Waals surface area contributed by atoms with Crippen LogP contribution in [-0.4, -0.2) is 38.0 Å². The van der Waals surface area contributed by atoms with Crippen LogP contribution in [0.5, 0.6) is 11.5 Å². The molecule has 1 N–H and O–H groups in total. The summed E-state index contributed by atoms with van der Waals surface area (Å²) in [5.74, 6) is -4.08. The summed E-state index contributed by atoms with van der Waals surface area (Å²) in [6, 6.07) is 13.4. The third kappa shape index (κ3) is 2.11. The second-order valence-corrected chi connectivity index (χ2v) is 5.33. The first-order valence-electron chi connectivity index (χ1n) is 7.32. The van der Waals surface area contributed by atoms with Crippen molar-refractivity contribution in [2.75, 3.05) is 21.3 Å². The SMILES string of the molecule is COc1ccc2c(c1)O[C@](OC)(c1ccccc1)[C@](O)(OC)C2=O. The van der Waals surface area contributed by atoms with Crippen LogP contribution >= 0.6 is 0 Å². The first-order valence-corrected chi connectivity index (χ1v) is 7.32. The van der Waals surface area contributed by atoms with Gasteiger partial charge in [0.05, 0.1) is 12.7 Å². The number of aliphatic hydroxyl groups is 1. The fraction of sp³-hybridized carbons (Fsp3) is 0.278. The Morgan fingerprint density at radius 1 is 1.00 bits per heavy atom. The van der Waals surface area contributed by atoms with Crippen LogP contribution in [0.15, 0.2) is 48.5 Å². The number of ether oxygens (including phenoxy) is 4. The van der Waals surface area contributed by atoms with E-state index in [2.05, 4.69) is 0 Å². The summed E-state index contributed by atoms with van der Waals surface area (Å²) in [6.07, 6.45) is 0. The van der Waals surface area contributed by atoms with Gasteiger partial charge in [0, 0.05) is 25.8 Å². The van der Waals surface area contributed by atoms with Gasteiger partial charge in [-0.1, -0.05) is 30.3 Å². The van der Waals surface area contributed by atoms with Gasteiger partial charge in [-0.3, -0.25) is 4.79 Å². The van der Waals surface area contributed by atoms with Crippen LogP contribution < -0.4 is 9.47 Å². The van der Waals surface area contributed by atoms with E-state index >= 15 is 0 Å². The van der Waals surface area contributed by atoms with Crippen molar-refractivity contribution in [1.82, 2.24) is 0 Å². The summed E-state index contributed by atoms with van der Waals surface area (Å²) < 4.78 is 21.9. The van der Waals surface area contributed by atoms with Gasteiger partial charge in [0.1, 0.15) is 11.5 Å². The summed E-state index contributed by atoms with van der Waals surface area (Å²) in [7, 11) is 4.08. The van der Waals surface area contributed by atoms with Crippen molar-refractivity contribution in [2.24, 2.45) is 0 Å². The monoisotopic (exact) mass is 330 g/mol. The molecule has 6 heteroatoms. The Bertz CT molecular complexity index is 759. The topological polar surface area (TPSA) is 74.2 Å². The average Bonchev–Trinajstić information content (AvgIpc) is 2.64. The van der Waals surface area contributed by atoms with E-state index in [0.717, 1.165) is 0 Å². The van der Waals surface area contributed by atoms with Crippen molar-refractivity contribution in [3.05, 3.63) is 59.7 Å². The van der Waals surface area contributed by atoms with E-state index in [0.29, 0.717) is 11.3 Å². The highest BCUT2D eigenvalue weighted by molar-refractivity contribution is 6.05. The third-order valence-electron chi connectivity index (χ3n) is 4.18. The first kappa shape index (κ1) is 16.4. The molecule has 0 fully saturated rings. The summed E-state index contributed by atoms with van der Waals surface area (Å²) in [5.41, 5.74) is 0.627. The second-order valence-electron chi connectivity index (χ2n) is 5.33. The number of carbonyl (C=O) groups is 1. The van der Waals surface area contributed by atoms with Crippen LogP contribution in [0.4, 0.5) is 0 Å². The van der Waals surface area contributed by atoms with E-state index in [-0.39, 0.29) is 11.3 Å². The van der Waals surface area contributed by atoms with E-state index in [1.165, 1.54) is 27.4 Å². The summed E-state index contributed by atoms with van der Waals surface area (Å²) >= 11 is 0. The maximum Gasteiger partial charge on any atom is 0.304 e. The smallest absolute Gasteiger partial charge is 0.304 e. The van der Waals surface area contributed by atoms with Crippen LogP contribution in [0.1, 0.15) is 15.9 Å². The van der Waals surface area contributed by atoms with Gasteiger partial charge in [-0.2, -0.15) is 0 Å². The second kappa shape index (κ2) is 5.90. The highest BCUT2D eigenvalue weighted by Gasteiger charge is 2.64. The van der Waals surface area contributed by atoms with Crippen molar-refractivity contribution in [2.45, 2.75) is 11.6 Å². The number of ketones is 1. The largest absolute Gasteiger partial charge is 0.497 e. The fourth-order valence-corrected chi connectivity index (χ4v) is 2.89. The molecule has 0 bridgehead atoms. The minimum atomic E-state index is -2.34. The lowest BCUT2D eigenvalue weighted by atomic mass is 9.86. The zero-order valence-electron chi connectivity index (χ0n) is 13.6. The maximum absolute atomic E-state index is 12.9. The highest BCUT2D eigenvalue weighted by Crippen LogP contribution is 2.47. The molecular formula is C18H18O6. The Labute approximate surface area is 139 Å². The number of methoxy groups -OCH3 is 3. The highest BCUT2D eigenvalue weighted by atomic mass is 16.8. The minimum Gasteiger partial charge on any atom is -0.497 e. The van der Waals surface area contributed by atoms with Crippen LogP contribution in [0, 0.1) is 0 Å². The molecule has 2 aromatic rings. The van der Waals surface area contributed by atoms with Crippen LogP contribution in [0.2, 0.25) is 0 Å². The Morgan fingerprint density at radius 3 is 2.29 bits per heavy atom. The number of Topliss-reactive ketones (excluding diaryl/α,β-unsaturated/α-hetero) is 1. The quantitative estimate of drug-likeness (QED) is 0.866. The summed E-state index contributed by atoms with van der Waals surface area (Å²) in [4.78, 5) is 12.9. The predicted molar refractivity (Wildman–Crippen MR) is 85.0 cm³/mol. The van der Waals surface area contributed by atoms with E-state index in [1.54, 1.807) is 42.5 Å². The number of hydrogen-bond acceptors (Lipinski definition) is 6. The van der Waals surface area contributed by atoms with E-state index < -0.39 is 17.4 Å². The number of fused-ring (bicyclic) bond motifs is 1.